The molecule has 1 unspecified atom stereocenters. The maximum Gasteiger partial charge on any atom is 0.118 e. The summed E-state index contributed by atoms with van der Waals surface area (Å²) in [6.45, 7) is 21.3. The van der Waals surface area contributed by atoms with Crippen LogP contribution in [0, 0.1) is 13.8 Å². The normalized spacial score (nSPS) is 15.6. The molecule has 0 radical (unpaired) electrons. The second kappa shape index (κ2) is 11.1. The number of aryl methyl sites for hydroxylation is 1. The highest BCUT2D eigenvalue weighted by Gasteiger charge is 2.40. The van der Waals surface area contributed by atoms with Gasteiger partial charge in [-0.05, 0) is 133 Å². The van der Waals surface area contributed by atoms with Gasteiger partial charge in [0.05, 0.1) is 14.2 Å². The molecule has 0 saturated carbocycles. The average Bonchev–Trinajstić information content (AvgIpc) is 3.62. The zero-order valence-electron chi connectivity index (χ0n) is 29.0. The van der Waals surface area contributed by atoms with Gasteiger partial charge >= 0.3 is 0 Å². The van der Waals surface area contributed by atoms with E-state index in [0.29, 0.717) is 0 Å². The van der Waals surface area contributed by atoms with E-state index in [0.717, 1.165) is 17.9 Å². The van der Waals surface area contributed by atoms with Crippen LogP contribution in [0.2, 0.25) is 0 Å². The van der Waals surface area contributed by atoms with Gasteiger partial charge in [-0.25, -0.2) is 0 Å². The van der Waals surface area contributed by atoms with Crippen molar-refractivity contribution in [1.29, 1.82) is 0 Å². The van der Waals surface area contributed by atoms with E-state index in [1.165, 1.54) is 77.9 Å². The van der Waals surface area contributed by atoms with Crippen molar-refractivity contribution >= 4 is 5.57 Å². The van der Waals surface area contributed by atoms with E-state index >= 15 is 0 Å². The second-order valence-electron chi connectivity index (χ2n) is 14.9. The molecular formula is C43H48O2. The first-order valence-corrected chi connectivity index (χ1v) is 16.3. The summed E-state index contributed by atoms with van der Waals surface area (Å²) in [7, 11) is 3.48. The fourth-order valence-corrected chi connectivity index (χ4v) is 8.25. The van der Waals surface area contributed by atoms with E-state index < -0.39 is 0 Å². The highest BCUT2D eigenvalue weighted by atomic mass is 16.5. The minimum absolute atomic E-state index is 0.0566. The summed E-state index contributed by atoms with van der Waals surface area (Å²) in [5, 5.41) is 0. The fourth-order valence-electron chi connectivity index (χ4n) is 8.25. The fraction of sp³-hybridized carbons (Fsp3) is 0.349. The van der Waals surface area contributed by atoms with E-state index in [1.807, 2.05) is 0 Å². The van der Waals surface area contributed by atoms with E-state index in [4.69, 9.17) is 9.47 Å². The quantitative estimate of drug-likeness (QED) is 0.228. The van der Waals surface area contributed by atoms with Crippen molar-refractivity contribution in [1.82, 2.24) is 0 Å². The summed E-state index contributed by atoms with van der Waals surface area (Å²) in [4.78, 5) is 0. The maximum absolute atomic E-state index is 5.62. The third kappa shape index (κ3) is 5.03. The molecule has 2 nitrogen and oxygen atoms in total. The SMILES string of the molecule is COc1ccc(-c2c3c(cc(C)c2C(C)(C)C)C(C)c2c(C4=CC=CC4)c(C)c(C(C)(C)C)c(-c4ccc(OC)cc4)c2-3)cc1. The van der Waals surface area contributed by atoms with Crippen molar-refractivity contribution in [2.24, 2.45) is 0 Å². The molecule has 0 heterocycles. The van der Waals surface area contributed by atoms with Gasteiger partial charge in [-0.1, -0.05) is 97.0 Å². The van der Waals surface area contributed by atoms with Crippen molar-refractivity contribution in [3.8, 4) is 44.9 Å². The summed E-state index contributed by atoms with van der Waals surface area (Å²) in [6.07, 6.45) is 7.84. The molecule has 6 rings (SSSR count). The lowest BCUT2D eigenvalue weighted by atomic mass is 9.71. The first kappa shape index (κ1) is 31.0. The van der Waals surface area contributed by atoms with Gasteiger partial charge in [0.1, 0.15) is 11.5 Å². The summed E-state index contributed by atoms with van der Waals surface area (Å²) in [5.41, 5.74) is 19.2. The summed E-state index contributed by atoms with van der Waals surface area (Å²) >= 11 is 0. The van der Waals surface area contributed by atoms with Gasteiger partial charge in [0.2, 0.25) is 0 Å². The predicted octanol–water partition coefficient (Wildman–Crippen LogP) is 11.7. The smallest absolute Gasteiger partial charge is 0.118 e. The number of methoxy groups -OCH3 is 2. The number of benzene rings is 4. The minimum atomic E-state index is -0.0838. The highest BCUT2D eigenvalue weighted by molar-refractivity contribution is 6.04. The maximum atomic E-state index is 5.62. The van der Waals surface area contributed by atoms with Crippen LogP contribution in [0.15, 0.2) is 72.8 Å². The van der Waals surface area contributed by atoms with Crippen LogP contribution in [0.4, 0.5) is 0 Å². The van der Waals surface area contributed by atoms with E-state index in [9.17, 15) is 0 Å². The molecule has 0 aromatic heterocycles. The van der Waals surface area contributed by atoms with E-state index in [-0.39, 0.29) is 16.7 Å². The number of rotatable bonds is 5. The second-order valence-corrected chi connectivity index (χ2v) is 14.9. The predicted molar refractivity (Wildman–Crippen MR) is 192 cm³/mol. The monoisotopic (exact) mass is 596 g/mol. The molecular weight excluding hydrogens is 548 g/mol. The third-order valence-electron chi connectivity index (χ3n) is 9.84. The molecule has 0 amide bonds. The van der Waals surface area contributed by atoms with E-state index in [1.54, 1.807) is 14.2 Å². The van der Waals surface area contributed by atoms with Gasteiger partial charge in [0.15, 0.2) is 0 Å². The Labute approximate surface area is 270 Å². The lowest BCUT2D eigenvalue weighted by Gasteiger charge is -2.33. The molecule has 45 heavy (non-hydrogen) atoms. The van der Waals surface area contributed by atoms with Gasteiger partial charge in [0, 0.05) is 5.92 Å². The van der Waals surface area contributed by atoms with Crippen LogP contribution in [0.25, 0.3) is 39.0 Å². The van der Waals surface area contributed by atoms with Crippen LogP contribution >= 0.6 is 0 Å². The van der Waals surface area contributed by atoms with Crippen LogP contribution in [0.3, 0.4) is 0 Å². The molecule has 0 bridgehead atoms. The molecule has 1 atom stereocenters. The lowest BCUT2D eigenvalue weighted by Crippen LogP contribution is -2.18. The molecule has 2 aliphatic rings. The average molecular weight is 597 g/mol. The van der Waals surface area contributed by atoms with E-state index in [2.05, 4.69) is 135 Å². The van der Waals surface area contributed by atoms with Crippen LogP contribution in [-0.4, -0.2) is 14.2 Å². The van der Waals surface area contributed by atoms with Gasteiger partial charge < -0.3 is 9.47 Å². The Balaban J connectivity index is 1.86. The Kier molecular flexibility index (Phi) is 7.63. The van der Waals surface area contributed by atoms with Crippen LogP contribution in [0.1, 0.15) is 99.7 Å². The Morgan fingerprint density at radius 1 is 0.644 bits per heavy atom. The Morgan fingerprint density at radius 2 is 1.16 bits per heavy atom. The lowest BCUT2D eigenvalue weighted by molar-refractivity contribution is 0.415. The number of hydrogen-bond acceptors (Lipinski definition) is 2. The Bertz CT molecular complexity index is 1850. The first-order chi connectivity index (χ1) is 21.3. The molecule has 4 aromatic rings. The first-order valence-electron chi connectivity index (χ1n) is 16.3. The zero-order valence-corrected chi connectivity index (χ0v) is 29.0. The van der Waals surface area contributed by atoms with Crippen LogP contribution in [0.5, 0.6) is 11.5 Å². The molecule has 0 fully saturated rings. The number of ether oxygens (including phenoxy) is 2. The standard InChI is InChI=1S/C43H48O2/c1-25-24-33-26(2)35-34(28-14-12-13-15-28)27(3)41(43(7,8)9)37(30-18-22-32(45-11)23-19-30)39(35)38(33)36(40(25)42(4,5)6)29-16-20-31(44-10)21-17-29/h12-14,16-24,26H,15H2,1-11H3. The summed E-state index contributed by atoms with van der Waals surface area (Å²) in [5.74, 6) is 2.00. The van der Waals surface area contributed by atoms with Crippen molar-refractivity contribution in [3.05, 3.63) is 112 Å². The van der Waals surface area contributed by atoms with Crippen LogP contribution < -0.4 is 9.47 Å². The molecule has 0 spiro atoms. The van der Waals surface area contributed by atoms with Crippen molar-refractivity contribution in [3.63, 3.8) is 0 Å². The van der Waals surface area contributed by atoms with Crippen molar-refractivity contribution in [2.75, 3.05) is 14.2 Å². The van der Waals surface area contributed by atoms with Crippen LogP contribution in [-0.2, 0) is 10.8 Å². The number of hydrogen-bond donors (Lipinski definition) is 0. The summed E-state index contributed by atoms with van der Waals surface area (Å²) < 4.78 is 11.2. The molecule has 4 aromatic carbocycles. The number of allylic oxidation sites excluding steroid dienone is 4. The van der Waals surface area contributed by atoms with Crippen molar-refractivity contribution in [2.45, 2.75) is 85.5 Å². The summed E-state index contributed by atoms with van der Waals surface area (Å²) in [6, 6.07) is 20.0. The molecule has 232 valence electrons. The zero-order chi connectivity index (χ0) is 32.4. The largest absolute Gasteiger partial charge is 0.497 e. The topological polar surface area (TPSA) is 18.5 Å². The molecule has 2 aliphatic carbocycles. The number of fused-ring (bicyclic) bond motifs is 3. The van der Waals surface area contributed by atoms with Gasteiger partial charge in [0.25, 0.3) is 0 Å². The third-order valence-corrected chi connectivity index (χ3v) is 9.84. The Hall–Kier alpha value is -4.04. The molecule has 0 saturated heterocycles. The van der Waals surface area contributed by atoms with Gasteiger partial charge in [-0.15, -0.1) is 0 Å². The highest BCUT2D eigenvalue weighted by Crippen LogP contribution is 2.60. The van der Waals surface area contributed by atoms with Gasteiger partial charge in [-0.3, -0.25) is 0 Å². The minimum Gasteiger partial charge on any atom is -0.497 e. The Morgan fingerprint density at radius 3 is 1.60 bits per heavy atom. The van der Waals surface area contributed by atoms with Gasteiger partial charge in [-0.2, -0.15) is 0 Å². The molecule has 0 aliphatic heterocycles. The molecule has 2 heteroatoms. The molecule has 0 N–H and O–H groups in total. The van der Waals surface area contributed by atoms with Crippen molar-refractivity contribution < 1.29 is 9.47 Å².